The molecular formula is C16H20N4O2. The predicted molar refractivity (Wildman–Crippen MR) is 81.5 cm³/mol. The first-order valence-corrected chi connectivity index (χ1v) is 7.60. The molecule has 0 aliphatic carbocycles. The quantitative estimate of drug-likeness (QED) is 0.841. The van der Waals surface area contributed by atoms with E-state index in [-0.39, 0.29) is 12.0 Å². The van der Waals surface area contributed by atoms with Crippen LogP contribution in [0.1, 0.15) is 29.3 Å². The highest BCUT2D eigenvalue weighted by molar-refractivity contribution is 5.94. The van der Waals surface area contributed by atoms with Crippen LogP contribution in [-0.2, 0) is 11.3 Å². The topological polar surface area (TPSA) is 60.2 Å². The summed E-state index contributed by atoms with van der Waals surface area (Å²) in [6.07, 6.45) is 4.57. The number of aromatic nitrogens is 3. The molecule has 2 aromatic rings. The van der Waals surface area contributed by atoms with E-state index in [1.807, 2.05) is 42.3 Å². The van der Waals surface area contributed by atoms with E-state index in [0.29, 0.717) is 19.7 Å². The highest BCUT2D eigenvalue weighted by Gasteiger charge is 2.27. The van der Waals surface area contributed by atoms with Gasteiger partial charge in [0.1, 0.15) is 0 Å². The van der Waals surface area contributed by atoms with Crippen molar-refractivity contribution in [2.45, 2.75) is 26.0 Å². The number of carbonyl (C=O) groups excluding carboxylic acids is 1. The number of hydrogen-bond acceptors (Lipinski definition) is 4. The summed E-state index contributed by atoms with van der Waals surface area (Å²) in [5, 5.41) is 7.71. The van der Waals surface area contributed by atoms with Gasteiger partial charge in [-0.3, -0.25) is 4.79 Å². The van der Waals surface area contributed by atoms with E-state index in [0.717, 1.165) is 24.1 Å². The smallest absolute Gasteiger partial charge is 0.253 e. The third kappa shape index (κ3) is 3.33. The third-order valence-electron chi connectivity index (χ3n) is 3.85. The molecular weight excluding hydrogens is 280 g/mol. The van der Waals surface area contributed by atoms with E-state index in [9.17, 15) is 4.79 Å². The molecule has 0 radical (unpaired) electrons. The molecule has 1 aromatic carbocycles. The molecule has 1 fully saturated rings. The molecule has 6 heteroatoms. The minimum absolute atomic E-state index is 0.0782. The van der Waals surface area contributed by atoms with Gasteiger partial charge in [0, 0.05) is 31.5 Å². The Bertz CT molecular complexity index is 610. The molecule has 1 amide bonds. The second-order valence-corrected chi connectivity index (χ2v) is 5.41. The van der Waals surface area contributed by atoms with Crippen LogP contribution in [0.25, 0.3) is 0 Å². The van der Waals surface area contributed by atoms with Crippen LogP contribution < -0.4 is 0 Å². The molecule has 0 unspecified atom stereocenters. The number of nitrogens with zero attached hydrogens (tertiary/aromatic N) is 4. The Kier molecular flexibility index (Phi) is 4.48. The highest BCUT2D eigenvalue weighted by atomic mass is 16.5. The maximum atomic E-state index is 12.5. The Morgan fingerprint density at radius 2 is 2.18 bits per heavy atom. The molecule has 1 aliphatic rings. The van der Waals surface area contributed by atoms with E-state index in [1.54, 1.807) is 10.9 Å². The fourth-order valence-electron chi connectivity index (χ4n) is 2.72. The molecule has 1 saturated heterocycles. The van der Waals surface area contributed by atoms with Crippen molar-refractivity contribution in [3.63, 3.8) is 0 Å². The Morgan fingerprint density at radius 3 is 2.86 bits per heavy atom. The lowest BCUT2D eigenvalue weighted by molar-refractivity contribution is 0.0598. The van der Waals surface area contributed by atoms with E-state index in [2.05, 4.69) is 10.3 Å². The molecule has 1 atom stereocenters. The van der Waals surface area contributed by atoms with Gasteiger partial charge in [0.25, 0.3) is 5.91 Å². The SMILES string of the molecule is CCO[C@H]1CCN(C(=O)c2ccc(Cn3ccnn3)cc2)C1. The van der Waals surface area contributed by atoms with Crippen molar-refractivity contribution in [1.82, 2.24) is 19.9 Å². The molecule has 2 heterocycles. The van der Waals surface area contributed by atoms with Crippen LogP contribution in [-0.4, -0.2) is 51.6 Å². The Hall–Kier alpha value is -2.21. The van der Waals surface area contributed by atoms with E-state index in [4.69, 9.17) is 4.74 Å². The second kappa shape index (κ2) is 6.70. The maximum absolute atomic E-state index is 12.5. The zero-order valence-electron chi connectivity index (χ0n) is 12.7. The molecule has 0 N–H and O–H groups in total. The van der Waals surface area contributed by atoms with E-state index >= 15 is 0 Å². The third-order valence-corrected chi connectivity index (χ3v) is 3.85. The van der Waals surface area contributed by atoms with Crippen molar-refractivity contribution >= 4 is 5.91 Å². The van der Waals surface area contributed by atoms with Crippen LogP contribution in [0.15, 0.2) is 36.7 Å². The molecule has 1 aromatic heterocycles. The van der Waals surface area contributed by atoms with E-state index in [1.165, 1.54) is 0 Å². The monoisotopic (exact) mass is 300 g/mol. The molecule has 6 nitrogen and oxygen atoms in total. The minimum Gasteiger partial charge on any atom is -0.377 e. The van der Waals surface area contributed by atoms with Gasteiger partial charge in [-0.15, -0.1) is 5.10 Å². The van der Waals surface area contributed by atoms with Gasteiger partial charge in [-0.2, -0.15) is 0 Å². The van der Waals surface area contributed by atoms with Gasteiger partial charge in [0.05, 0.1) is 18.8 Å². The van der Waals surface area contributed by atoms with Gasteiger partial charge >= 0.3 is 0 Å². The summed E-state index contributed by atoms with van der Waals surface area (Å²) >= 11 is 0. The lowest BCUT2D eigenvalue weighted by atomic mass is 10.1. The number of rotatable bonds is 5. The average molecular weight is 300 g/mol. The van der Waals surface area contributed by atoms with Crippen LogP contribution in [0.3, 0.4) is 0 Å². The molecule has 0 bridgehead atoms. The highest BCUT2D eigenvalue weighted by Crippen LogP contribution is 2.16. The van der Waals surface area contributed by atoms with Crippen molar-refractivity contribution in [2.24, 2.45) is 0 Å². The van der Waals surface area contributed by atoms with Gasteiger partial charge in [-0.05, 0) is 31.0 Å². The average Bonchev–Trinajstić information content (AvgIpc) is 3.20. The summed E-state index contributed by atoms with van der Waals surface area (Å²) in [4.78, 5) is 14.3. The van der Waals surface area contributed by atoms with Crippen molar-refractivity contribution < 1.29 is 9.53 Å². The first kappa shape index (κ1) is 14.7. The Balaban J connectivity index is 1.61. The Labute approximate surface area is 129 Å². The molecule has 0 spiro atoms. The van der Waals surface area contributed by atoms with Gasteiger partial charge in [-0.1, -0.05) is 17.3 Å². The van der Waals surface area contributed by atoms with Crippen LogP contribution in [0.4, 0.5) is 0 Å². The first-order chi connectivity index (χ1) is 10.8. The fourth-order valence-corrected chi connectivity index (χ4v) is 2.72. The zero-order chi connectivity index (χ0) is 15.4. The molecule has 3 rings (SSSR count). The first-order valence-electron chi connectivity index (χ1n) is 7.60. The second-order valence-electron chi connectivity index (χ2n) is 5.41. The minimum atomic E-state index is 0.0782. The van der Waals surface area contributed by atoms with Gasteiger partial charge in [0.2, 0.25) is 0 Å². The maximum Gasteiger partial charge on any atom is 0.253 e. The van der Waals surface area contributed by atoms with Crippen LogP contribution in [0.2, 0.25) is 0 Å². The number of carbonyl (C=O) groups is 1. The van der Waals surface area contributed by atoms with Crippen molar-refractivity contribution in [1.29, 1.82) is 0 Å². The molecule has 116 valence electrons. The summed E-state index contributed by atoms with van der Waals surface area (Å²) in [6, 6.07) is 7.68. The van der Waals surface area contributed by atoms with Crippen LogP contribution in [0.5, 0.6) is 0 Å². The summed E-state index contributed by atoms with van der Waals surface area (Å²) in [5.41, 5.74) is 1.81. The van der Waals surface area contributed by atoms with Crippen LogP contribution >= 0.6 is 0 Å². The summed E-state index contributed by atoms with van der Waals surface area (Å²) in [6.45, 7) is 4.80. The number of likely N-dealkylation sites (tertiary alicyclic amines) is 1. The molecule has 1 aliphatic heterocycles. The normalized spacial score (nSPS) is 17.9. The fraction of sp³-hybridized carbons (Fsp3) is 0.438. The number of ether oxygens (including phenoxy) is 1. The van der Waals surface area contributed by atoms with Gasteiger partial charge in [-0.25, -0.2) is 4.68 Å². The van der Waals surface area contributed by atoms with E-state index < -0.39 is 0 Å². The summed E-state index contributed by atoms with van der Waals surface area (Å²) in [5.74, 6) is 0.0782. The molecule has 22 heavy (non-hydrogen) atoms. The van der Waals surface area contributed by atoms with Crippen molar-refractivity contribution in [3.05, 3.63) is 47.8 Å². The molecule has 0 saturated carbocycles. The standard InChI is InChI=1S/C16H20N4O2/c1-2-22-15-7-9-19(12-15)16(21)14-5-3-13(4-6-14)11-20-10-8-17-18-20/h3-6,8,10,15H,2,7,9,11-12H2,1H3/t15-/m0/s1. The van der Waals surface area contributed by atoms with Crippen molar-refractivity contribution in [2.75, 3.05) is 19.7 Å². The van der Waals surface area contributed by atoms with Gasteiger partial charge < -0.3 is 9.64 Å². The number of benzene rings is 1. The summed E-state index contributed by atoms with van der Waals surface area (Å²) < 4.78 is 7.34. The number of hydrogen-bond donors (Lipinski definition) is 0. The lowest BCUT2D eigenvalue weighted by Gasteiger charge is -2.16. The number of amides is 1. The summed E-state index contributed by atoms with van der Waals surface area (Å²) in [7, 11) is 0. The zero-order valence-corrected chi connectivity index (χ0v) is 12.7. The van der Waals surface area contributed by atoms with Crippen molar-refractivity contribution in [3.8, 4) is 0 Å². The Morgan fingerprint density at radius 1 is 1.36 bits per heavy atom. The van der Waals surface area contributed by atoms with Gasteiger partial charge in [0.15, 0.2) is 0 Å². The predicted octanol–water partition coefficient (Wildman–Crippen LogP) is 1.58. The lowest BCUT2D eigenvalue weighted by Crippen LogP contribution is -2.30. The van der Waals surface area contributed by atoms with Crippen LogP contribution in [0, 0.1) is 0 Å². The largest absolute Gasteiger partial charge is 0.377 e.